The molecule has 1 heterocycles. The number of carbonyl (C=O) groups excluding carboxylic acids is 1. The summed E-state index contributed by atoms with van der Waals surface area (Å²) >= 11 is 0. The van der Waals surface area contributed by atoms with Crippen LogP contribution in [0.25, 0.3) is 0 Å². The van der Waals surface area contributed by atoms with Crippen LogP contribution in [-0.4, -0.2) is 25.0 Å². The molecule has 1 aromatic carbocycles. The minimum atomic E-state index is -0.478. The van der Waals surface area contributed by atoms with Crippen LogP contribution >= 0.6 is 12.4 Å². The van der Waals surface area contributed by atoms with Gasteiger partial charge < -0.3 is 10.6 Å². The first-order valence-electron chi connectivity index (χ1n) is 7.00. The summed E-state index contributed by atoms with van der Waals surface area (Å²) in [7, 11) is 0. The average molecular weight is 319 g/mol. The fourth-order valence-electron chi connectivity index (χ4n) is 2.49. The number of hydrogen-bond acceptors (Lipinski definition) is 2. The fourth-order valence-corrected chi connectivity index (χ4v) is 2.49. The van der Waals surface area contributed by atoms with Gasteiger partial charge in [0.15, 0.2) is 0 Å². The third kappa shape index (κ3) is 5.25. The first kappa shape index (κ1) is 17.9. The molecule has 2 unspecified atom stereocenters. The molecule has 1 saturated heterocycles. The number of amides is 1. The molecule has 0 bridgehead atoms. The second kappa shape index (κ2) is 8.29. The molecule has 21 heavy (non-hydrogen) atoms. The Balaban J connectivity index is 0.00000220. The van der Waals surface area contributed by atoms with E-state index in [-0.39, 0.29) is 42.8 Å². The molecule has 118 valence electrons. The molecule has 0 spiro atoms. The first-order valence-corrected chi connectivity index (χ1v) is 7.00. The van der Waals surface area contributed by atoms with Gasteiger partial charge in [-0.05, 0) is 55.6 Å². The van der Waals surface area contributed by atoms with Crippen LogP contribution in [-0.2, 0) is 11.2 Å². The second-order valence-corrected chi connectivity index (χ2v) is 5.38. The molecule has 1 aromatic rings. The summed E-state index contributed by atoms with van der Waals surface area (Å²) in [6.07, 6.45) is 1.30. The van der Waals surface area contributed by atoms with E-state index >= 15 is 0 Å². The summed E-state index contributed by atoms with van der Waals surface area (Å²) in [4.78, 5) is 11.9. The first-order chi connectivity index (χ1) is 9.56. The molecule has 2 rings (SSSR count). The zero-order valence-electron chi connectivity index (χ0n) is 12.0. The van der Waals surface area contributed by atoms with Crippen LogP contribution in [0.1, 0.15) is 25.3 Å². The molecule has 0 saturated carbocycles. The highest BCUT2D eigenvalue weighted by molar-refractivity contribution is 5.85. The zero-order valence-corrected chi connectivity index (χ0v) is 12.8. The van der Waals surface area contributed by atoms with Gasteiger partial charge in [-0.1, -0.05) is 6.92 Å². The van der Waals surface area contributed by atoms with E-state index in [0.29, 0.717) is 5.92 Å². The van der Waals surface area contributed by atoms with Gasteiger partial charge in [0, 0.05) is 12.5 Å². The Morgan fingerprint density at radius 2 is 2.19 bits per heavy atom. The van der Waals surface area contributed by atoms with Crippen LogP contribution in [0.5, 0.6) is 0 Å². The van der Waals surface area contributed by atoms with Crippen molar-refractivity contribution in [2.45, 2.75) is 32.2 Å². The quantitative estimate of drug-likeness (QED) is 0.895. The predicted octanol–water partition coefficient (Wildman–Crippen LogP) is 2.43. The molecule has 1 aliphatic heterocycles. The number of halogens is 3. The molecule has 0 aliphatic carbocycles. The van der Waals surface area contributed by atoms with Crippen LogP contribution in [0.4, 0.5) is 8.78 Å². The van der Waals surface area contributed by atoms with E-state index in [9.17, 15) is 13.6 Å². The van der Waals surface area contributed by atoms with Gasteiger partial charge in [0.25, 0.3) is 0 Å². The normalized spacial score (nSPS) is 21.5. The number of hydrogen-bond donors (Lipinski definition) is 2. The van der Waals surface area contributed by atoms with Crippen molar-refractivity contribution in [1.82, 2.24) is 10.6 Å². The van der Waals surface area contributed by atoms with Crippen molar-refractivity contribution in [3.05, 3.63) is 35.4 Å². The Morgan fingerprint density at radius 1 is 1.43 bits per heavy atom. The predicted molar refractivity (Wildman–Crippen MR) is 80.5 cm³/mol. The smallest absolute Gasteiger partial charge is 0.220 e. The molecule has 2 atom stereocenters. The molecule has 2 N–H and O–H groups in total. The summed E-state index contributed by atoms with van der Waals surface area (Å²) in [6.45, 7) is 3.88. The third-order valence-corrected chi connectivity index (χ3v) is 3.76. The lowest BCUT2D eigenvalue weighted by Gasteiger charge is -2.30. The highest BCUT2D eigenvalue weighted by Gasteiger charge is 2.22. The summed E-state index contributed by atoms with van der Waals surface area (Å²) in [6, 6.07) is 3.49. The number of rotatable bonds is 4. The van der Waals surface area contributed by atoms with Crippen molar-refractivity contribution in [1.29, 1.82) is 0 Å². The molecule has 1 fully saturated rings. The van der Waals surface area contributed by atoms with E-state index < -0.39 is 11.6 Å². The van der Waals surface area contributed by atoms with Crippen LogP contribution in [0.15, 0.2) is 18.2 Å². The summed E-state index contributed by atoms with van der Waals surface area (Å²) < 4.78 is 26.5. The van der Waals surface area contributed by atoms with E-state index in [1.54, 1.807) is 0 Å². The third-order valence-electron chi connectivity index (χ3n) is 3.76. The molecular formula is C15H21ClF2N2O. The Hall–Kier alpha value is -1.20. The van der Waals surface area contributed by atoms with Gasteiger partial charge in [-0.25, -0.2) is 8.78 Å². The molecule has 0 aromatic heterocycles. The molecule has 6 heteroatoms. The highest BCUT2D eigenvalue weighted by atomic mass is 35.5. The summed E-state index contributed by atoms with van der Waals surface area (Å²) in [5, 5.41) is 6.24. The van der Waals surface area contributed by atoms with Crippen molar-refractivity contribution < 1.29 is 13.6 Å². The maximum atomic E-state index is 13.4. The van der Waals surface area contributed by atoms with Crippen molar-refractivity contribution in [2.24, 2.45) is 5.92 Å². The highest BCUT2D eigenvalue weighted by Crippen LogP contribution is 2.13. The zero-order chi connectivity index (χ0) is 14.5. The van der Waals surface area contributed by atoms with E-state index in [2.05, 4.69) is 17.6 Å². The van der Waals surface area contributed by atoms with Gasteiger partial charge in [0.1, 0.15) is 11.6 Å². The summed E-state index contributed by atoms with van der Waals surface area (Å²) in [5.41, 5.74) is 0.249. The fraction of sp³-hybridized carbons (Fsp3) is 0.533. The lowest BCUT2D eigenvalue weighted by Crippen LogP contribution is -2.48. The van der Waals surface area contributed by atoms with Crippen LogP contribution < -0.4 is 10.6 Å². The molecular weight excluding hydrogens is 298 g/mol. The Labute approximate surface area is 129 Å². The molecule has 1 aliphatic rings. The van der Waals surface area contributed by atoms with Crippen molar-refractivity contribution in [3.8, 4) is 0 Å². The SMILES string of the molecule is CC1CNCCC1NC(=O)CCc1cc(F)ccc1F.Cl. The van der Waals surface area contributed by atoms with Crippen molar-refractivity contribution >= 4 is 18.3 Å². The lowest BCUT2D eigenvalue weighted by atomic mass is 9.95. The van der Waals surface area contributed by atoms with Gasteiger partial charge in [-0.2, -0.15) is 0 Å². The summed E-state index contributed by atoms with van der Waals surface area (Å²) in [5.74, 6) is -0.658. The average Bonchev–Trinajstić information content (AvgIpc) is 2.42. The molecule has 1 amide bonds. The Morgan fingerprint density at radius 3 is 2.90 bits per heavy atom. The maximum absolute atomic E-state index is 13.4. The van der Waals surface area contributed by atoms with E-state index in [1.165, 1.54) is 0 Å². The van der Waals surface area contributed by atoms with Crippen LogP contribution in [0, 0.1) is 17.6 Å². The van der Waals surface area contributed by atoms with Crippen molar-refractivity contribution in [3.63, 3.8) is 0 Å². The van der Waals surface area contributed by atoms with Gasteiger partial charge in [0.05, 0.1) is 0 Å². The minimum absolute atomic E-state index is 0. The van der Waals surface area contributed by atoms with Gasteiger partial charge in [-0.15, -0.1) is 12.4 Å². The Kier molecular flexibility index (Phi) is 7.05. The van der Waals surface area contributed by atoms with Crippen molar-refractivity contribution in [2.75, 3.05) is 13.1 Å². The van der Waals surface area contributed by atoms with E-state index in [0.717, 1.165) is 37.7 Å². The molecule has 3 nitrogen and oxygen atoms in total. The number of piperidine rings is 1. The second-order valence-electron chi connectivity index (χ2n) is 5.38. The van der Waals surface area contributed by atoms with Gasteiger partial charge in [-0.3, -0.25) is 4.79 Å². The lowest BCUT2D eigenvalue weighted by molar-refractivity contribution is -0.122. The monoisotopic (exact) mass is 318 g/mol. The number of nitrogens with one attached hydrogen (secondary N) is 2. The largest absolute Gasteiger partial charge is 0.353 e. The van der Waals surface area contributed by atoms with E-state index in [1.807, 2.05) is 0 Å². The topological polar surface area (TPSA) is 41.1 Å². The van der Waals surface area contributed by atoms with Crippen LogP contribution in [0.3, 0.4) is 0 Å². The maximum Gasteiger partial charge on any atom is 0.220 e. The standard InChI is InChI=1S/C15H20F2N2O.ClH/c1-10-9-18-7-6-14(10)19-15(20)5-2-11-8-12(16)3-4-13(11)17;/h3-4,8,10,14,18H,2,5-7,9H2,1H3,(H,19,20);1H. The Bertz CT molecular complexity index is 485. The number of carbonyl (C=O) groups is 1. The number of aryl methyl sites for hydroxylation is 1. The molecule has 0 radical (unpaired) electrons. The van der Waals surface area contributed by atoms with Crippen LogP contribution in [0.2, 0.25) is 0 Å². The van der Waals surface area contributed by atoms with E-state index in [4.69, 9.17) is 0 Å². The van der Waals surface area contributed by atoms with Gasteiger partial charge in [0.2, 0.25) is 5.91 Å². The minimum Gasteiger partial charge on any atom is -0.353 e. The number of benzene rings is 1. The van der Waals surface area contributed by atoms with Gasteiger partial charge >= 0.3 is 0 Å².